The average Bonchev–Trinajstić information content (AvgIpc) is 3.11. The Balaban J connectivity index is 1.39. The van der Waals surface area contributed by atoms with Crippen LogP contribution in [0.1, 0.15) is 48.9 Å². The van der Waals surface area contributed by atoms with Crippen LogP contribution in [0.4, 0.5) is 4.39 Å². The maximum atomic E-state index is 13.0. The Morgan fingerprint density at radius 2 is 1.93 bits per heavy atom. The largest absolute Gasteiger partial charge is 0.352 e. The Morgan fingerprint density at radius 3 is 2.64 bits per heavy atom. The summed E-state index contributed by atoms with van der Waals surface area (Å²) in [6.45, 7) is 3.37. The second-order valence-electron chi connectivity index (χ2n) is 7.65. The molecule has 2 saturated heterocycles. The van der Waals surface area contributed by atoms with Gasteiger partial charge < -0.3 is 15.1 Å². The normalized spacial score (nSPS) is 19.8. The van der Waals surface area contributed by atoms with Crippen molar-refractivity contribution in [3.8, 4) is 0 Å². The number of piperidine rings is 1. The number of halogens is 1. The number of carbonyl (C=O) groups excluding carboxylic acids is 3. The lowest BCUT2D eigenvalue weighted by atomic mass is 9.97. The quantitative estimate of drug-likeness (QED) is 0.777. The zero-order valence-electron chi connectivity index (χ0n) is 16.2. The van der Waals surface area contributed by atoms with Gasteiger partial charge in [0.1, 0.15) is 5.82 Å². The van der Waals surface area contributed by atoms with Crippen LogP contribution in [0.3, 0.4) is 0 Å². The number of hydrogen-bond acceptors (Lipinski definition) is 3. The van der Waals surface area contributed by atoms with Crippen molar-refractivity contribution >= 4 is 17.7 Å². The van der Waals surface area contributed by atoms with Crippen LogP contribution in [-0.2, 0) is 9.59 Å². The van der Waals surface area contributed by atoms with E-state index in [9.17, 15) is 18.8 Å². The topological polar surface area (TPSA) is 69.7 Å². The molecule has 2 fully saturated rings. The van der Waals surface area contributed by atoms with Crippen LogP contribution in [0, 0.1) is 11.7 Å². The molecule has 1 N–H and O–H groups in total. The maximum Gasteiger partial charge on any atom is 0.251 e. The van der Waals surface area contributed by atoms with E-state index in [1.165, 1.54) is 24.3 Å². The second-order valence-corrected chi connectivity index (χ2v) is 7.65. The summed E-state index contributed by atoms with van der Waals surface area (Å²) in [5.74, 6) is -0.0448. The molecule has 1 aromatic carbocycles. The van der Waals surface area contributed by atoms with Crippen LogP contribution in [0.25, 0.3) is 0 Å². The Bertz CT molecular complexity index is 707. The number of amides is 3. The molecule has 1 aromatic rings. The van der Waals surface area contributed by atoms with Gasteiger partial charge in [-0.05, 0) is 55.9 Å². The Hall–Kier alpha value is -2.44. The molecule has 7 heteroatoms. The molecule has 0 aliphatic carbocycles. The van der Waals surface area contributed by atoms with E-state index in [4.69, 9.17) is 0 Å². The van der Waals surface area contributed by atoms with Crippen molar-refractivity contribution in [2.24, 2.45) is 5.92 Å². The highest BCUT2D eigenvalue weighted by atomic mass is 19.1. The summed E-state index contributed by atoms with van der Waals surface area (Å²) in [5, 5.41) is 2.89. The van der Waals surface area contributed by atoms with Gasteiger partial charge in [0.05, 0.1) is 0 Å². The third-order valence-electron chi connectivity index (χ3n) is 5.52. The van der Waals surface area contributed by atoms with E-state index < -0.39 is 0 Å². The van der Waals surface area contributed by atoms with Crippen LogP contribution >= 0.6 is 0 Å². The van der Waals surface area contributed by atoms with E-state index in [2.05, 4.69) is 5.32 Å². The van der Waals surface area contributed by atoms with Gasteiger partial charge in [-0.25, -0.2) is 4.39 Å². The Morgan fingerprint density at radius 1 is 1.14 bits per heavy atom. The van der Waals surface area contributed by atoms with Crippen molar-refractivity contribution in [2.45, 2.75) is 38.5 Å². The maximum absolute atomic E-state index is 13.0. The van der Waals surface area contributed by atoms with Crippen LogP contribution in [0.5, 0.6) is 0 Å². The van der Waals surface area contributed by atoms with Crippen LogP contribution in [0.2, 0.25) is 0 Å². The monoisotopic (exact) mass is 389 g/mol. The lowest BCUT2D eigenvalue weighted by Crippen LogP contribution is -2.43. The van der Waals surface area contributed by atoms with Gasteiger partial charge >= 0.3 is 0 Å². The molecule has 0 radical (unpaired) electrons. The third-order valence-corrected chi connectivity index (χ3v) is 5.52. The first kappa shape index (κ1) is 20.3. The van der Waals surface area contributed by atoms with Crippen LogP contribution < -0.4 is 5.32 Å². The molecule has 2 aliphatic rings. The minimum atomic E-state index is -0.368. The van der Waals surface area contributed by atoms with Crippen molar-refractivity contribution < 1.29 is 18.8 Å². The smallest absolute Gasteiger partial charge is 0.251 e. The molecular weight excluding hydrogens is 361 g/mol. The summed E-state index contributed by atoms with van der Waals surface area (Å²) >= 11 is 0. The molecule has 28 heavy (non-hydrogen) atoms. The van der Waals surface area contributed by atoms with E-state index in [0.717, 1.165) is 32.4 Å². The summed E-state index contributed by atoms with van der Waals surface area (Å²) in [7, 11) is 0. The molecule has 6 nitrogen and oxygen atoms in total. The van der Waals surface area contributed by atoms with E-state index in [1.54, 1.807) is 0 Å². The number of nitrogens with zero attached hydrogens (tertiary/aromatic N) is 2. The molecule has 0 spiro atoms. The lowest BCUT2D eigenvalue weighted by Gasteiger charge is -2.33. The first-order valence-corrected chi connectivity index (χ1v) is 10.1. The number of carbonyl (C=O) groups is 3. The van der Waals surface area contributed by atoms with Crippen LogP contribution in [0.15, 0.2) is 24.3 Å². The zero-order chi connectivity index (χ0) is 19.9. The molecule has 3 rings (SSSR count). The van der Waals surface area contributed by atoms with Crippen molar-refractivity contribution in [3.05, 3.63) is 35.6 Å². The van der Waals surface area contributed by atoms with Crippen molar-refractivity contribution in [3.63, 3.8) is 0 Å². The third kappa shape index (κ3) is 5.53. The highest BCUT2D eigenvalue weighted by Crippen LogP contribution is 2.18. The summed E-state index contributed by atoms with van der Waals surface area (Å²) in [4.78, 5) is 40.0. The molecule has 1 atom stereocenters. The number of likely N-dealkylation sites (tertiary alicyclic amines) is 2. The molecule has 0 bridgehead atoms. The second kappa shape index (κ2) is 9.66. The van der Waals surface area contributed by atoms with Crippen molar-refractivity contribution in [1.82, 2.24) is 15.1 Å². The van der Waals surface area contributed by atoms with E-state index in [0.29, 0.717) is 44.5 Å². The van der Waals surface area contributed by atoms with Crippen molar-refractivity contribution in [2.75, 3.05) is 32.7 Å². The molecule has 152 valence electrons. The molecule has 3 amide bonds. The molecule has 0 aromatic heterocycles. The van der Waals surface area contributed by atoms with Gasteiger partial charge in [-0.15, -0.1) is 0 Å². The minimum Gasteiger partial charge on any atom is -0.352 e. The Labute approximate surface area is 165 Å². The summed E-state index contributed by atoms with van der Waals surface area (Å²) in [6.07, 6.45) is 4.60. The fourth-order valence-electron chi connectivity index (χ4n) is 3.92. The van der Waals surface area contributed by atoms with Crippen LogP contribution in [-0.4, -0.2) is 60.2 Å². The number of benzene rings is 1. The average molecular weight is 389 g/mol. The highest BCUT2D eigenvalue weighted by Gasteiger charge is 2.25. The van der Waals surface area contributed by atoms with Gasteiger partial charge in [0.15, 0.2) is 0 Å². The van der Waals surface area contributed by atoms with E-state index >= 15 is 0 Å². The summed E-state index contributed by atoms with van der Waals surface area (Å²) in [6, 6.07) is 5.47. The number of nitrogens with one attached hydrogen (secondary N) is 1. The lowest BCUT2D eigenvalue weighted by molar-refractivity contribution is -0.134. The Kier molecular flexibility index (Phi) is 7.01. The molecule has 2 heterocycles. The van der Waals surface area contributed by atoms with E-state index in [-0.39, 0.29) is 29.5 Å². The first-order valence-electron chi connectivity index (χ1n) is 10.1. The SMILES string of the molecule is O=C(NCC1CCCN(C(=O)CCCN2CCCC2=O)C1)c1ccc(F)cc1. The van der Waals surface area contributed by atoms with Gasteiger partial charge in [-0.1, -0.05) is 0 Å². The van der Waals surface area contributed by atoms with Gasteiger partial charge in [0, 0.05) is 51.1 Å². The van der Waals surface area contributed by atoms with Crippen molar-refractivity contribution in [1.29, 1.82) is 0 Å². The fourth-order valence-corrected chi connectivity index (χ4v) is 3.92. The highest BCUT2D eigenvalue weighted by molar-refractivity contribution is 5.94. The van der Waals surface area contributed by atoms with Gasteiger partial charge in [-0.2, -0.15) is 0 Å². The number of hydrogen-bond donors (Lipinski definition) is 1. The summed E-state index contributed by atoms with van der Waals surface area (Å²) < 4.78 is 13.0. The van der Waals surface area contributed by atoms with Gasteiger partial charge in [0.25, 0.3) is 5.91 Å². The predicted octanol–water partition coefficient (Wildman–Crippen LogP) is 2.20. The number of rotatable bonds is 7. The van der Waals surface area contributed by atoms with Gasteiger partial charge in [-0.3, -0.25) is 14.4 Å². The molecule has 0 saturated carbocycles. The van der Waals surface area contributed by atoms with E-state index in [1.807, 2.05) is 9.80 Å². The first-order chi connectivity index (χ1) is 13.5. The standard InChI is InChI=1S/C21H28FN3O3/c22-18-9-7-17(8-10-18)21(28)23-14-16-4-1-13-25(15-16)20(27)6-3-12-24-11-2-5-19(24)26/h7-10,16H,1-6,11-15H2,(H,23,28). The minimum absolute atomic E-state index is 0.126. The van der Waals surface area contributed by atoms with Gasteiger partial charge in [0.2, 0.25) is 11.8 Å². The molecular formula is C21H28FN3O3. The fraction of sp³-hybridized carbons (Fsp3) is 0.571. The summed E-state index contributed by atoms with van der Waals surface area (Å²) in [5.41, 5.74) is 0.432. The molecule has 2 aliphatic heterocycles. The predicted molar refractivity (Wildman–Crippen MR) is 103 cm³/mol. The zero-order valence-corrected chi connectivity index (χ0v) is 16.2. The molecule has 1 unspecified atom stereocenters.